The van der Waals surface area contributed by atoms with Crippen LogP contribution in [0.2, 0.25) is 0 Å². The molecule has 6 heteroatoms. The van der Waals surface area contributed by atoms with E-state index < -0.39 is 0 Å². The second-order valence-electron chi connectivity index (χ2n) is 6.30. The summed E-state index contributed by atoms with van der Waals surface area (Å²) in [7, 11) is 0. The summed E-state index contributed by atoms with van der Waals surface area (Å²) in [5.41, 5.74) is 7.20. The van der Waals surface area contributed by atoms with Gasteiger partial charge in [-0.1, -0.05) is 19.1 Å². The van der Waals surface area contributed by atoms with Gasteiger partial charge in [-0.15, -0.1) is 0 Å². The molecular formula is C19H23N3O3. The number of rotatable bonds is 6. The zero-order valence-corrected chi connectivity index (χ0v) is 14.3. The van der Waals surface area contributed by atoms with Crippen LogP contribution in [-0.2, 0) is 17.8 Å². The van der Waals surface area contributed by atoms with Gasteiger partial charge in [-0.3, -0.25) is 14.5 Å². The molecule has 0 bridgehead atoms. The third-order valence-electron chi connectivity index (χ3n) is 4.50. The van der Waals surface area contributed by atoms with E-state index in [9.17, 15) is 9.59 Å². The molecular weight excluding hydrogens is 318 g/mol. The molecule has 1 aliphatic heterocycles. The van der Waals surface area contributed by atoms with Crippen LogP contribution in [0.25, 0.3) is 0 Å². The number of nitrogens with zero attached hydrogens (tertiary/aromatic N) is 1. The van der Waals surface area contributed by atoms with E-state index in [0.717, 1.165) is 37.1 Å². The summed E-state index contributed by atoms with van der Waals surface area (Å²) in [6.07, 6.45) is 2.53. The van der Waals surface area contributed by atoms with Crippen molar-refractivity contribution in [2.75, 3.05) is 11.9 Å². The molecule has 1 saturated heterocycles. The van der Waals surface area contributed by atoms with E-state index in [1.165, 1.54) is 0 Å². The molecule has 1 atom stereocenters. The van der Waals surface area contributed by atoms with Crippen LogP contribution in [-0.4, -0.2) is 29.3 Å². The van der Waals surface area contributed by atoms with Crippen LogP contribution >= 0.6 is 0 Å². The number of benzene rings is 1. The van der Waals surface area contributed by atoms with Crippen LogP contribution in [0.5, 0.6) is 0 Å². The number of primary amides is 1. The fraction of sp³-hybridized carbons (Fsp3) is 0.368. The van der Waals surface area contributed by atoms with E-state index >= 15 is 0 Å². The van der Waals surface area contributed by atoms with Gasteiger partial charge in [0.05, 0.1) is 6.04 Å². The summed E-state index contributed by atoms with van der Waals surface area (Å²) >= 11 is 0. The summed E-state index contributed by atoms with van der Waals surface area (Å²) in [5, 5.41) is 2.85. The van der Waals surface area contributed by atoms with Gasteiger partial charge in [0.1, 0.15) is 5.76 Å². The lowest BCUT2D eigenvalue weighted by Gasteiger charge is -2.22. The van der Waals surface area contributed by atoms with E-state index in [4.69, 9.17) is 10.2 Å². The van der Waals surface area contributed by atoms with Crippen LogP contribution in [0.1, 0.15) is 41.6 Å². The molecule has 0 radical (unpaired) electrons. The molecule has 1 aliphatic rings. The van der Waals surface area contributed by atoms with Crippen molar-refractivity contribution in [3.8, 4) is 0 Å². The Balaban J connectivity index is 1.67. The van der Waals surface area contributed by atoms with Gasteiger partial charge < -0.3 is 15.5 Å². The normalized spacial score (nSPS) is 17.6. The SMILES string of the molecule is CCc1ccc(C(=O)Nc2cccc(CN3CCC[C@H]3C(N)=O)c2)o1. The Bertz CT molecular complexity index is 769. The molecule has 25 heavy (non-hydrogen) atoms. The van der Waals surface area contributed by atoms with Crippen LogP contribution in [0, 0.1) is 0 Å². The Labute approximate surface area is 147 Å². The summed E-state index contributed by atoms with van der Waals surface area (Å²) in [4.78, 5) is 25.9. The Hall–Kier alpha value is -2.60. The van der Waals surface area contributed by atoms with Crippen molar-refractivity contribution in [2.45, 2.75) is 38.8 Å². The van der Waals surface area contributed by atoms with E-state index in [1.54, 1.807) is 6.07 Å². The zero-order chi connectivity index (χ0) is 17.8. The highest BCUT2D eigenvalue weighted by Crippen LogP contribution is 2.21. The number of nitrogens with two attached hydrogens (primary N) is 1. The van der Waals surface area contributed by atoms with Crippen LogP contribution in [0.4, 0.5) is 5.69 Å². The first-order valence-corrected chi connectivity index (χ1v) is 8.59. The van der Waals surface area contributed by atoms with Crippen molar-refractivity contribution in [1.29, 1.82) is 0 Å². The number of aryl methyl sites for hydroxylation is 1. The molecule has 132 valence electrons. The lowest BCUT2D eigenvalue weighted by molar-refractivity contribution is -0.122. The summed E-state index contributed by atoms with van der Waals surface area (Å²) in [6.45, 7) is 3.47. The van der Waals surface area contributed by atoms with Crippen LogP contribution in [0.15, 0.2) is 40.8 Å². The second-order valence-corrected chi connectivity index (χ2v) is 6.30. The monoisotopic (exact) mass is 341 g/mol. The highest BCUT2D eigenvalue weighted by atomic mass is 16.3. The van der Waals surface area contributed by atoms with Gasteiger partial charge in [0.15, 0.2) is 5.76 Å². The lowest BCUT2D eigenvalue weighted by Crippen LogP contribution is -2.39. The average molecular weight is 341 g/mol. The van der Waals surface area contributed by atoms with Crippen molar-refractivity contribution in [3.63, 3.8) is 0 Å². The minimum atomic E-state index is -0.272. The third-order valence-corrected chi connectivity index (χ3v) is 4.50. The lowest BCUT2D eigenvalue weighted by atomic mass is 10.1. The molecule has 0 unspecified atom stereocenters. The van der Waals surface area contributed by atoms with Gasteiger partial charge in [0.2, 0.25) is 5.91 Å². The molecule has 3 rings (SSSR count). The highest BCUT2D eigenvalue weighted by molar-refractivity contribution is 6.02. The van der Waals surface area contributed by atoms with E-state index in [-0.39, 0.29) is 17.9 Å². The maximum absolute atomic E-state index is 12.3. The van der Waals surface area contributed by atoms with Gasteiger partial charge >= 0.3 is 0 Å². The fourth-order valence-corrected chi connectivity index (χ4v) is 3.20. The molecule has 0 saturated carbocycles. The summed E-state index contributed by atoms with van der Waals surface area (Å²) in [5.74, 6) is 0.542. The number of hydrogen-bond donors (Lipinski definition) is 2. The van der Waals surface area contributed by atoms with Crippen molar-refractivity contribution in [3.05, 3.63) is 53.5 Å². The van der Waals surface area contributed by atoms with Crippen molar-refractivity contribution in [2.24, 2.45) is 5.73 Å². The molecule has 2 aromatic rings. The number of amides is 2. The zero-order valence-electron chi connectivity index (χ0n) is 14.3. The summed E-state index contributed by atoms with van der Waals surface area (Å²) < 4.78 is 5.47. The Kier molecular flexibility index (Phi) is 5.19. The van der Waals surface area contributed by atoms with Crippen molar-refractivity contribution in [1.82, 2.24) is 4.90 Å². The number of nitrogens with one attached hydrogen (secondary N) is 1. The van der Waals surface area contributed by atoms with Gasteiger partial charge in [0, 0.05) is 18.7 Å². The molecule has 1 aromatic carbocycles. The van der Waals surface area contributed by atoms with Crippen molar-refractivity contribution >= 4 is 17.5 Å². The minimum Gasteiger partial charge on any atom is -0.456 e. The molecule has 1 fully saturated rings. The van der Waals surface area contributed by atoms with Crippen molar-refractivity contribution < 1.29 is 14.0 Å². The standard InChI is InChI=1S/C19H23N3O3/c1-2-15-8-9-17(25-15)19(24)21-14-6-3-5-13(11-14)12-22-10-4-7-16(22)18(20)23/h3,5-6,8-9,11,16H,2,4,7,10,12H2,1H3,(H2,20,23)(H,21,24)/t16-/m0/s1. The molecule has 2 amide bonds. The minimum absolute atomic E-state index is 0.200. The molecule has 3 N–H and O–H groups in total. The maximum Gasteiger partial charge on any atom is 0.291 e. The fourth-order valence-electron chi connectivity index (χ4n) is 3.20. The molecule has 0 aliphatic carbocycles. The smallest absolute Gasteiger partial charge is 0.291 e. The quantitative estimate of drug-likeness (QED) is 0.845. The number of hydrogen-bond acceptors (Lipinski definition) is 4. The topological polar surface area (TPSA) is 88.6 Å². The van der Waals surface area contributed by atoms with Crippen LogP contribution < -0.4 is 11.1 Å². The number of furan rings is 1. The van der Waals surface area contributed by atoms with E-state index in [0.29, 0.717) is 18.0 Å². The Morgan fingerprint density at radius 2 is 2.16 bits per heavy atom. The van der Waals surface area contributed by atoms with Gasteiger partial charge in [-0.25, -0.2) is 0 Å². The largest absolute Gasteiger partial charge is 0.456 e. The second kappa shape index (κ2) is 7.53. The number of anilines is 1. The molecule has 6 nitrogen and oxygen atoms in total. The predicted molar refractivity (Wildman–Crippen MR) is 95.1 cm³/mol. The van der Waals surface area contributed by atoms with Gasteiger partial charge in [-0.2, -0.15) is 0 Å². The Morgan fingerprint density at radius 1 is 1.32 bits per heavy atom. The maximum atomic E-state index is 12.3. The third kappa shape index (κ3) is 4.09. The van der Waals surface area contributed by atoms with Crippen LogP contribution in [0.3, 0.4) is 0 Å². The number of likely N-dealkylation sites (tertiary alicyclic amines) is 1. The van der Waals surface area contributed by atoms with E-state index in [1.807, 2.05) is 37.3 Å². The average Bonchev–Trinajstić information content (AvgIpc) is 3.24. The van der Waals surface area contributed by atoms with Gasteiger partial charge in [0.25, 0.3) is 5.91 Å². The summed E-state index contributed by atoms with van der Waals surface area (Å²) in [6, 6.07) is 10.9. The highest BCUT2D eigenvalue weighted by Gasteiger charge is 2.28. The van der Waals surface area contributed by atoms with Gasteiger partial charge in [-0.05, 0) is 49.2 Å². The first-order chi connectivity index (χ1) is 12.1. The first kappa shape index (κ1) is 17.2. The number of carbonyl (C=O) groups excluding carboxylic acids is 2. The molecule has 1 aromatic heterocycles. The predicted octanol–water partition coefficient (Wildman–Crippen LogP) is 2.54. The first-order valence-electron chi connectivity index (χ1n) is 8.59. The molecule has 2 heterocycles. The molecule has 0 spiro atoms. The number of carbonyl (C=O) groups is 2. The van der Waals surface area contributed by atoms with E-state index in [2.05, 4.69) is 10.2 Å². The Morgan fingerprint density at radius 3 is 2.88 bits per heavy atom.